The van der Waals surface area contributed by atoms with Gasteiger partial charge in [0.25, 0.3) is 0 Å². The second-order valence-electron chi connectivity index (χ2n) is 15.0. The summed E-state index contributed by atoms with van der Waals surface area (Å²) in [5.74, 6) is 2.95. The van der Waals surface area contributed by atoms with E-state index in [1.165, 1.54) is 43.3 Å². The molecule has 0 amide bonds. The summed E-state index contributed by atoms with van der Waals surface area (Å²) in [5.41, 5.74) is 3.32. The van der Waals surface area contributed by atoms with Crippen molar-refractivity contribution in [1.82, 2.24) is 0 Å². The minimum atomic E-state index is -0.615. The third kappa shape index (κ3) is 3.66. The van der Waals surface area contributed by atoms with Gasteiger partial charge < -0.3 is 5.11 Å². The van der Waals surface area contributed by atoms with Gasteiger partial charge in [-0.15, -0.1) is 0 Å². The van der Waals surface area contributed by atoms with E-state index in [1.54, 1.807) is 0 Å². The number of fused-ring (bicyclic) bond motifs is 5. The third-order valence-corrected chi connectivity index (χ3v) is 13.1. The molecule has 4 fully saturated rings. The summed E-state index contributed by atoms with van der Waals surface area (Å²) >= 11 is 5.40. The van der Waals surface area contributed by atoms with E-state index in [4.69, 9.17) is 12.6 Å². The van der Waals surface area contributed by atoms with Crippen LogP contribution in [0.4, 0.5) is 0 Å². The van der Waals surface area contributed by atoms with E-state index < -0.39 is 5.60 Å². The van der Waals surface area contributed by atoms with Crippen molar-refractivity contribution in [3.63, 3.8) is 0 Å². The predicted octanol–water partition coefficient (Wildman–Crippen LogP) is 8.88. The van der Waals surface area contributed by atoms with Gasteiger partial charge in [0.2, 0.25) is 0 Å². The Balaban J connectivity index is 1.71. The van der Waals surface area contributed by atoms with E-state index in [2.05, 4.69) is 75.0 Å². The third-order valence-electron chi connectivity index (χ3n) is 12.6. The minimum absolute atomic E-state index is 0.213. The van der Waals surface area contributed by atoms with Crippen molar-refractivity contribution in [3.05, 3.63) is 23.8 Å². The molecule has 9 unspecified atom stereocenters. The normalized spacial score (nSPS) is 49.4. The van der Waals surface area contributed by atoms with Gasteiger partial charge in [-0.25, -0.2) is 0 Å². The van der Waals surface area contributed by atoms with E-state index in [0.717, 1.165) is 19.3 Å². The first-order chi connectivity index (χ1) is 15.5. The van der Waals surface area contributed by atoms with Crippen molar-refractivity contribution < 1.29 is 5.11 Å². The quantitative estimate of drug-likeness (QED) is 0.300. The van der Waals surface area contributed by atoms with Crippen LogP contribution in [-0.2, 0) is 0 Å². The molecular formula is C32H54OS. The molecule has 0 aromatic carbocycles. The first-order valence-electron chi connectivity index (χ1n) is 14.2. The van der Waals surface area contributed by atoms with E-state index in [-0.39, 0.29) is 10.8 Å². The van der Waals surface area contributed by atoms with Crippen LogP contribution in [0.3, 0.4) is 0 Å². The van der Waals surface area contributed by atoms with Crippen LogP contribution in [0, 0.1) is 51.2 Å². The number of allylic oxidation sites excluding steroid dienone is 3. The molecule has 1 nitrogen and oxygen atoms in total. The van der Waals surface area contributed by atoms with Crippen LogP contribution in [0.15, 0.2) is 23.8 Å². The van der Waals surface area contributed by atoms with Gasteiger partial charge in [-0.05, 0) is 123 Å². The van der Waals surface area contributed by atoms with Gasteiger partial charge in [-0.3, -0.25) is 0 Å². The van der Waals surface area contributed by atoms with Crippen LogP contribution >= 0.6 is 12.6 Å². The molecule has 1 N–H and O–H groups in total. The predicted molar refractivity (Wildman–Crippen MR) is 150 cm³/mol. The molecule has 0 bridgehead atoms. The maximum absolute atomic E-state index is 11.8. The lowest BCUT2D eigenvalue weighted by Gasteiger charge is -2.72. The van der Waals surface area contributed by atoms with Crippen molar-refractivity contribution in [1.29, 1.82) is 0 Å². The first kappa shape index (κ1) is 26.8. The summed E-state index contributed by atoms with van der Waals surface area (Å²) in [6.45, 7) is 26.5. The van der Waals surface area contributed by atoms with Gasteiger partial charge in [0.15, 0.2) is 0 Å². The molecule has 4 rings (SSSR count). The van der Waals surface area contributed by atoms with Crippen LogP contribution in [0.5, 0.6) is 0 Å². The molecule has 4 aliphatic carbocycles. The molecule has 0 saturated heterocycles. The van der Waals surface area contributed by atoms with E-state index >= 15 is 0 Å². The lowest BCUT2D eigenvalue weighted by atomic mass is 9.33. The highest BCUT2D eigenvalue weighted by Gasteiger charge is 2.71. The molecule has 0 spiro atoms. The van der Waals surface area contributed by atoms with Crippen molar-refractivity contribution in [3.8, 4) is 0 Å². The van der Waals surface area contributed by atoms with E-state index in [0.29, 0.717) is 45.7 Å². The van der Waals surface area contributed by atoms with Gasteiger partial charge in [-0.1, -0.05) is 65.3 Å². The first-order valence-corrected chi connectivity index (χ1v) is 14.8. The molecule has 4 aliphatic rings. The van der Waals surface area contributed by atoms with Crippen LogP contribution in [-0.4, -0.2) is 16.0 Å². The van der Waals surface area contributed by atoms with E-state index in [9.17, 15) is 5.11 Å². The lowest BCUT2D eigenvalue weighted by molar-refractivity contribution is -0.216. The molecule has 0 aliphatic heterocycles. The minimum Gasteiger partial charge on any atom is -0.390 e. The Hall–Kier alpha value is -0.210. The van der Waals surface area contributed by atoms with Gasteiger partial charge in [0.05, 0.1) is 5.60 Å². The second-order valence-corrected chi connectivity index (χ2v) is 15.7. The number of hydrogen-bond donors (Lipinski definition) is 2. The van der Waals surface area contributed by atoms with Crippen LogP contribution < -0.4 is 0 Å². The smallest absolute Gasteiger partial charge is 0.0654 e. The maximum atomic E-state index is 11.8. The lowest BCUT2D eigenvalue weighted by Crippen LogP contribution is -2.66. The Morgan fingerprint density at radius 2 is 1.79 bits per heavy atom. The van der Waals surface area contributed by atoms with E-state index in [1.807, 2.05) is 0 Å². The van der Waals surface area contributed by atoms with Crippen molar-refractivity contribution in [2.45, 2.75) is 125 Å². The second kappa shape index (κ2) is 8.41. The molecule has 10 atom stereocenters. The average molecular weight is 487 g/mol. The van der Waals surface area contributed by atoms with Crippen molar-refractivity contribution in [2.24, 2.45) is 51.2 Å². The Morgan fingerprint density at radius 1 is 1.15 bits per heavy atom. The molecule has 0 heterocycles. The van der Waals surface area contributed by atoms with Crippen molar-refractivity contribution in [2.75, 3.05) is 0 Å². The summed E-state index contributed by atoms with van der Waals surface area (Å²) in [6.07, 6.45) is 11.5. The summed E-state index contributed by atoms with van der Waals surface area (Å²) in [4.78, 5) is 0. The summed E-state index contributed by atoms with van der Waals surface area (Å²) in [5, 5.41) is 12.2. The largest absolute Gasteiger partial charge is 0.390 e. The SMILES string of the molecule is C=C1CCC2(C)C(C(C)CC3(C)C2CC(S)C2C(C(C)(O)CCC=C(C)C)CC[C@]23C)C1(C)C. The maximum Gasteiger partial charge on any atom is 0.0654 e. The molecule has 194 valence electrons. The molecule has 4 saturated carbocycles. The zero-order chi connectivity index (χ0) is 25.5. The highest BCUT2D eigenvalue weighted by atomic mass is 32.1. The Labute approximate surface area is 217 Å². The fourth-order valence-corrected chi connectivity index (χ4v) is 11.8. The Kier molecular flexibility index (Phi) is 6.64. The molecule has 0 aromatic heterocycles. The Bertz CT molecular complexity index is 849. The van der Waals surface area contributed by atoms with Crippen LogP contribution in [0.2, 0.25) is 0 Å². The topological polar surface area (TPSA) is 20.2 Å². The highest BCUT2D eigenvalue weighted by Crippen LogP contribution is 2.77. The summed E-state index contributed by atoms with van der Waals surface area (Å²) in [7, 11) is 0. The van der Waals surface area contributed by atoms with Crippen molar-refractivity contribution >= 4 is 12.6 Å². The van der Waals surface area contributed by atoms with Gasteiger partial charge in [0.1, 0.15) is 0 Å². The highest BCUT2D eigenvalue weighted by molar-refractivity contribution is 7.81. The fraction of sp³-hybridized carbons (Fsp3) is 0.875. The molecule has 0 radical (unpaired) electrons. The van der Waals surface area contributed by atoms with Crippen LogP contribution in [0.1, 0.15) is 114 Å². The van der Waals surface area contributed by atoms with Gasteiger partial charge >= 0.3 is 0 Å². The number of aliphatic hydroxyl groups is 1. The molecule has 2 heteroatoms. The summed E-state index contributed by atoms with van der Waals surface area (Å²) < 4.78 is 0. The molecule has 0 aromatic rings. The number of thiol groups is 1. The Morgan fingerprint density at radius 3 is 2.41 bits per heavy atom. The van der Waals surface area contributed by atoms with Gasteiger partial charge in [0, 0.05) is 5.25 Å². The van der Waals surface area contributed by atoms with Crippen LogP contribution in [0.25, 0.3) is 0 Å². The number of hydrogen-bond acceptors (Lipinski definition) is 2. The average Bonchev–Trinajstić information content (AvgIpc) is 3.07. The standard InChI is InChI=1S/C32H54OS/c1-20(2)12-11-15-32(10,33)23-14-17-30(8)26(23)24(34)18-25-29(7)16-13-22(4)28(5,6)27(29)21(3)19-31(25,30)9/h12,21,23-27,33-34H,4,11,13-19H2,1-3,5-10H3/t21?,23?,24?,25?,26?,27?,29?,30-,31?,32?/m1/s1. The van der Waals surface area contributed by atoms with Gasteiger partial charge in [-0.2, -0.15) is 12.6 Å². The summed E-state index contributed by atoms with van der Waals surface area (Å²) in [6, 6.07) is 0. The zero-order valence-corrected chi connectivity index (χ0v) is 24.7. The zero-order valence-electron chi connectivity index (χ0n) is 23.8. The monoisotopic (exact) mass is 486 g/mol. The molecular weight excluding hydrogens is 432 g/mol. The number of rotatable bonds is 4. The fourth-order valence-electron chi connectivity index (χ4n) is 11.0. The molecule has 34 heavy (non-hydrogen) atoms.